The summed E-state index contributed by atoms with van der Waals surface area (Å²) in [6, 6.07) is 0. The van der Waals surface area contributed by atoms with Gasteiger partial charge in [0.15, 0.2) is 0 Å². The molecule has 1 saturated carbocycles. The van der Waals surface area contributed by atoms with E-state index in [4.69, 9.17) is 13.3 Å². The van der Waals surface area contributed by atoms with Gasteiger partial charge in [0.05, 0.1) is 0 Å². The first kappa shape index (κ1) is 16.2. The summed E-state index contributed by atoms with van der Waals surface area (Å²) in [5, 5.41) is 0. The lowest BCUT2D eigenvalue weighted by Crippen LogP contribution is -2.50. The summed E-state index contributed by atoms with van der Waals surface area (Å²) >= 11 is 0. The molecule has 4 atom stereocenters. The van der Waals surface area contributed by atoms with Gasteiger partial charge < -0.3 is 13.3 Å². The fraction of sp³-hybridized carbons (Fsp3) is 0.875. The topological polar surface area (TPSA) is 27.7 Å². The molecule has 20 heavy (non-hydrogen) atoms. The maximum atomic E-state index is 6.04. The Labute approximate surface area is 125 Å². The smallest absolute Gasteiger partial charge is 0.374 e. The highest BCUT2D eigenvalue weighted by molar-refractivity contribution is 6.62. The zero-order valence-electron chi connectivity index (χ0n) is 13.4. The maximum absolute atomic E-state index is 6.04. The van der Waals surface area contributed by atoms with Crippen molar-refractivity contribution in [3.8, 4) is 0 Å². The molecule has 0 amide bonds. The predicted molar refractivity (Wildman–Crippen MR) is 83.5 cm³/mol. The van der Waals surface area contributed by atoms with Gasteiger partial charge in [0.25, 0.3) is 0 Å². The molecular formula is C16H30O3Si. The summed E-state index contributed by atoms with van der Waals surface area (Å²) < 4.78 is 18.1. The molecule has 0 spiro atoms. The first-order valence-corrected chi connectivity index (χ1v) is 10.1. The van der Waals surface area contributed by atoms with E-state index in [2.05, 4.69) is 19.1 Å². The minimum atomic E-state index is -2.52. The van der Waals surface area contributed by atoms with E-state index in [-0.39, 0.29) is 0 Å². The molecule has 0 aromatic rings. The summed E-state index contributed by atoms with van der Waals surface area (Å²) in [5.41, 5.74) is 0.389. The lowest BCUT2D eigenvalue weighted by atomic mass is 9.89. The van der Waals surface area contributed by atoms with Crippen molar-refractivity contribution in [3.05, 3.63) is 12.2 Å². The van der Waals surface area contributed by atoms with Crippen molar-refractivity contribution in [3.63, 3.8) is 0 Å². The zero-order valence-corrected chi connectivity index (χ0v) is 14.4. The average molecular weight is 298 g/mol. The van der Waals surface area contributed by atoms with Crippen LogP contribution in [0.25, 0.3) is 0 Å². The van der Waals surface area contributed by atoms with E-state index in [9.17, 15) is 0 Å². The lowest BCUT2D eigenvalue weighted by Gasteiger charge is -2.35. The lowest BCUT2D eigenvalue weighted by molar-refractivity contribution is 0.0591. The molecule has 0 radical (unpaired) electrons. The van der Waals surface area contributed by atoms with E-state index in [0.29, 0.717) is 25.4 Å². The molecule has 4 heteroatoms. The molecule has 0 saturated heterocycles. The van der Waals surface area contributed by atoms with Crippen LogP contribution in [0.2, 0.25) is 5.54 Å². The zero-order chi connectivity index (χ0) is 14.6. The van der Waals surface area contributed by atoms with Gasteiger partial charge in [-0.1, -0.05) is 19.1 Å². The van der Waals surface area contributed by atoms with Crippen molar-refractivity contribution in [2.75, 3.05) is 19.8 Å². The van der Waals surface area contributed by atoms with Gasteiger partial charge in [-0.3, -0.25) is 0 Å². The highest BCUT2D eigenvalue weighted by Crippen LogP contribution is 2.48. The summed E-state index contributed by atoms with van der Waals surface area (Å²) in [6.07, 6.45) is 8.73. The Kier molecular flexibility index (Phi) is 5.84. The predicted octanol–water partition coefficient (Wildman–Crippen LogP) is 4.03. The third-order valence-corrected chi connectivity index (χ3v) is 8.23. The highest BCUT2D eigenvalue weighted by Gasteiger charge is 2.49. The number of fused-ring (bicyclic) bond motifs is 2. The van der Waals surface area contributed by atoms with E-state index >= 15 is 0 Å². The van der Waals surface area contributed by atoms with Crippen LogP contribution in [0.1, 0.15) is 47.0 Å². The van der Waals surface area contributed by atoms with Crippen LogP contribution < -0.4 is 0 Å². The van der Waals surface area contributed by atoms with Crippen LogP contribution in [0.4, 0.5) is 0 Å². The molecule has 4 unspecified atom stereocenters. The normalized spacial score (nSPS) is 30.1. The Bertz CT molecular complexity index is 315. The molecule has 0 aromatic heterocycles. The summed E-state index contributed by atoms with van der Waals surface area (Å²) in [6.45, 7) is 10.4. The third kappa shape index (κ3) is 3.35. The van der Waals surface area contributed by atoms with Gasteiger partial charge in [0.2, 0.25) is 0 Å². The fourth-order valence-corrected chi connectivity index (χ4v) is 6.82. The Balaban J connectivity index is 2.01. The molecule has 0 N–H and O–H groups in total. The summed E-state index contributed by atoms with van der Waals surface area (Å²) in [5.74, 6) is 2.42. The molecule has 0 aliphatic heterocycles. The highest BCUT2D eigenvalue weighted by atomic mass is 28.4. The van der Waals surface area contributed by atoms with Gasteiger partial charge in [0.1, 0.15) is 0 Å². The fourth-order valence-electron chi connectivity index (χ4n) is 3.92. The van der Waals surface area contributed by atoms with Crippen LogP contribution in [0.5, 0.6) is 0 Å². The van der Waals surface area contributed by atoms with Crippen LogP contribution in [-0.2, 0) is 13.3 Å². The summed E-state index contributed by atoms with van der Waals surface area (Å²) in [7, 11) is -2.52. The number of rotatable bonds is 9. The maximum Gasteiger partial charge on any atom is 0.503 e. The Morgan fingerprint density at radius 2 is 1.60 bits per heavy atom. The number of allylic oxidation sites excluding steroid dienone is 2. The monoisotopic (exact) mass is 298 g/mol. The molecule has 2 bridgehead atoms. The molecular weight excluding hydrogens is 268 g/mol. The van der Waals surface area contributed by atoms with Crippen molar-refractivity contribution in [2.24, 2.45) is 17.8 Å². The second-order valence-corrected chi connectivity index (χ2v) is 9.14. The van der Waals surface area contributed by atoms with Crippen LogP contribution in [-0.4, -0.2) is 28.6 Å². The first-order valence-electron chi connectivity index (χ1n) is 8.25. The van der Waals surface area contributed by atoms with Crippen LogP contribution in [0, 0.1) is 17.8 Å². The molecule has 0 heterocycles. The minimum absolute atomic E-state index is 0.389. The molecule has 2 rings (SSSR count). The van der Waals surface area contributed by atoms with Crippen molar-refractivity contribution in [2.45, 2.75) is 52.5 Å². The average Bonchev–Trinajstić information content (AvgIpc) is 3.01. The van der Waals surface area contributed by atoms with Gasteiger partial charge in [0, 0.05) is 25.4 Å². The van der Waals surface area contributed by atoms with E-state index in [1.165, 1.54) is 19.3 Å². The van der Waals surface area contributed by atoms with Crippen molar-refractivity contribution in [1.29, 1.82) is 0 Å². The molecule has 1 fully saturated rings. The second kappa shape index (κ2) is 7.21. The molecule has 0 aromatic carbocycles. The third-order valence-electron chi connectivity index (χ3n) is 4.71. The minimum Gasteiger partial charge on any atom is -0.374 e. The van der Waals surface area contributed by atoms with Crippen molar-refractivity contribution < 1.29 is 13.3 Å². The van der Waals surface area contributed by atoms with Gasteiger partial charge >= 0.3 is 8.80 Å². The van der Waals surface area contributed by atoms with Crippen molar-refractivity contribution in [1.82, 2.24) is 0 Å². The summed E-state index contributed by atoms with van der Waals surface area (Å²) in [4.78, 5) is 0. The van der Waals surface area contributed by atoms with E-state index in [0.717, 1.165) is 17.8 Å². The Morgan fingerprint density at radius 1 is 1.00 bits per heavy atom. The van der Waals surface area contributed by atoms with Crippen LogP contribution in [0.3, 0.4) is 0 Å². The van der Waals surface area contributed by atoms with E-state index < -0.39 is 8.80 Å². The Morgan fingerprint density at radius 3 is 2.00 bits per heavy atom. The second-order valence-electron chi connectivity index (χ2n) is 6.08. The van der Waals surface area contributed by atoms with Crippen LogP contribution in [0.15, 0.2) is 12.2 Å². The van der Waals surface area contributed by atoms with E-state index in [1.807, 2.05) is 20.8 Å². The van der Waals surface area contributed by atoms with E-state index in [1.54, 1.807) is 0 Å². The molecule has 2 aliphatic rings. The SMILES string of the molecule is CCO[Si](OCC)(OCC)C(C)CC1CC2C=CC1C2. The Hall–Kier alpha value is -0.163. The van der Waals surface area contributed by atoms with Gasteiger partial charge in [-0.2, -0.15) is 0 Å². The standard InChI is InChI=1S/C16H30O3Si/c1-5-17-20(18-6-2,19-7-3)13(4)10-16-12-14-8-9-15(16)11-14/h8-9,13-16H,5-7,10-12H2,1-4H3. The van der Waals surface area contributed by atoms with Crippen LogP contribution >= 0.6 is 0 Å². The molecule has 2 aliphatic carbocycles. The largest absolute Gasteiger partial charge is 0.503 e. The molecule has 116 valence electrons. The number of hydrogen-bond donors (Lipinski definition) is 0. The quantitative estimate of drug-likeness (QED) is 0.475. The number of hydrogen-bond acceptors (Lipinski definition) is 3. The molecule has 3 nitrogen and oxygen atoms in total. The van der Waals surface area contributed by atoms with Gasteiger partial charge in [-0.05, 0) is 57.8 Å². The van der Waals surface area contributed by atoms with Gasteiger partial charge in [-0.15, -0.1) is 0 Å². The van der Waals surface area contributed by atoms with Gasteiger partial charge in [-0.25, -0.2) is 0 Å². The van der Waals surface area contributed by atoms with Crippen molar-refractivity contribution >= 4 is 8.80 Å². The first-order chi connectivity index (χ1) is 9.65.